The Hall–Kier alpha value is -3.04. The number of carbonyl (C=O) groups excluding carboxylic acids is 1. The van der Waals surface area contributed by atoms with E-state index in [1.165, 1.54) is 18.2 Å². The average Bonchev–Trinajstić information content (AvgIpc) is 3.33. The van der Waals surface area contributed by atoms with Crippen LogP contribution in [0.5, 0.6) is 5.75 Å². The molecule has 0 radical (unpaired) electrons. The molecule has 3 heterocycles. The summed E-state index contributed by atoms with van der Waals surface area (Å²) in [6.07, 6.45) is -3.34. The zero-order chi connectivity index (χ0) is 21.5. The number of hydrogen-bond donors (Lipinski definition) is 1. The van der Waals surface area contributed by atoms with Crippen molar-refractivity contribution in [1.29, 1.82) is 0 Å². The summed E-state index contributed by atoms with van der Waals surface area (Å²) in [6, 6.07) is 5.57. The van der Waals surface area contributed by atoms with E-state index in [0.29, 0.717) is 54.2 Å². The summed E-state index contributed by atoms with van der Waals surface area (Å²) in [4.78, 5) is 21.9. The van der Waals surface area contributed by atoms with Crippen molar-refractivity contribution < 1.29 is 27.2 Å². The number of aromatic amines is 1. The van der Waals surface area contributed by atoms with Crippen LogP contribution in [-0.2, 0) is 0 Å². The van der Waals surface area contributed by atoms with Gasteiger partial charge in [0, 0.05) is 41.9 Å². The molecule has 3 aromatic rings. The Morgan fingerprint density at radius 3 is 2.63 bits per heavy atom. The number of ether oxygens (including phenoxy) is 1. The van der Waals surface area contributed by atoms with Crippen LogP contribution in [0.2, 0.25) is 0 Å². The van der Waals surface area contributed by atoms with E-state index < -0.39 is 6.36 Å². The van der Waals surface area contributed by atoms with Crippen LogP contribution in [0.1, 0.15) is 60.7 Å². The number of amides is 1. The van der Waals surface area contributed by atoms with E-state index in [1.807, 2.05) is 13.8 Å². The number of nitrogens with zero attached hydrogens (tertiary/aromatic N) is 3. The van der Waals surface area contributed by atoms with Gasteiger partial charge in [-0.25, -0.2) is 0 Å². The van der Waals surface area contributed by atoms with E-state index in [9.17, 15) is 18.0 Å². The molecule has 1 amide bonds. The molecule has 0 aliphatic carbocycles. The highest BCUT2D eigenvalue weighted by molar-refractivity contribution is 5.98. The van der Waals surface area contributed by atoms with Gasteiger partial charge in [0.25, 0.3) is 5.91 Å². The summed E-state index contributed by atoms with van der Waals surface area (Å²) in [5, 5.41) is 4.70. The zero-order valence-corrected chi connectivity index (χ0v) is 16.5. The smallest absolute Gasteiger partial charge is 0.406 e. The van der Waals surface area contributed by atoms with E-state index >= 15 is 0 Å². The van der Waals surface area contributed by atoms with E-state index in [0.717, 1.165) is 0 Å². The monoisotopic (exact) mass is 422 g/mol. The molecule has 2 aromatic heterocycles. The number of hydrogen-bond acceptors (Lipinski definition) is 5. The molecule has 7 nitrogen and oxygen atoms in total. The van der Waals surface area contributed by atoms with Crippen LogP contribution in [-0.4, -0.2) is 45.4 Å². The number of H-pyrrole nitrogens is 1. The SMILES string of the molecule is CC(C)c1nc(C2CCN(C(=O)c3cc4ccc(OC(F)(F)F)cc4[nH]3)CC2)no1. The Bertz CT molecular complexity index is 1050. The van der Waals surface area contributed by atoms with Gasteiger partial charge in [0.05, 0.1) is 0 Å². The fourth-order valence-corrected chi connectivity index (χ4v) is 3.58. The number of rotatable bonds is 4. The summed E-state index contributed by atoms with van der Waals surface area (Å²) in [5.74, 6) is 1.05. The average molecular weight is 422 g/mol. The Balaban J connectivity index is 1.42. The second kappa shape index (κ2) is 7.66. The number of piperidine rings is 1. The molecule has 4 rings (SSSR count). The Kier molecular flexibility index (Phi) is 5.17. The van der Waals surface area contributed by atoms with Crippen LogP contribution in [0.25, 0.3) is 10.9 Å². The molecule has 10 heteroatoms. The fourth-order valence-electron chi connectivity index (χ4n) is 3.58. The Morgan fingerprint density at radius 1 is 1.27 bits per heavy atom. The van der Waals surface area contributed by atoms with Gasteiger partial charge in [0.1, 0.15) is 11.4 Å². The van der Waals surface area contributed by atoms with Crippen molar-refractivity contribution in [2.45, 2.75) is 44.9 Å². The van der Waals surface area contributed by atoms with Crippen LogP contribution in [0, 0.1) is 0 Å². The van der Waals surface area contributed by atoms with Crippen molar-refractivity contribution in [3.8, 4) is 5.75 Å². The second-order valence-corrected chi connectivity index (χ2v) is 7.69. The van der Waals surface area contributed by atoms with E-state index in [4.69, 9.17) is 4.52 Å². The molecular formula is C20H21F3N4O3. The number of alkyl halides is 3. The third kappa shape index (κ3) is 4.27. The van der Waals surface area contributed by atoms with Gasteiger partial charge >= 0.3 is 6.36 Å². The van der Waals surface area contributed by atoms with Crippen LogP contribution >= 0.6 is 0 Å². The van der Waals surface area contributed by atoms with Gasteiger partial charge in [-0.15, -0.1) is 13.2 Å². The lowest BCUT2D eigenvalue weighted by atomic mass is 9.96. The third-order valence-electron chi connectivity index (χ3n) is 5.16. The lowest BCUT2D eigenvalue weighted by molar-refractivity contribution is -0.274. The summed E-state index contributed by atoms with van der Waals surface area (Å²) < 4.78 is 46.4. The van der Waals surface area contributed by atoms with Gasteiger partial charge in [0.2, 0.25) is 5.89 Å². The maximum absolute atomic E-state index is 12.9. The molecule has 1 aromatic carbocycles. The molecule has 1 saturated heterocycles. The minimum Gasteiger partial charge on any atom is -0.406 e. The number of nitrogens with one attached hydrogen (secondary N) is 1. The quantitative estimate of drug-likeness (QED) is 0.665. The molecule has 0 bridgehead atoms. The minimum atomic E-state index is -4.77. The predicted octanol–water partition coefficient (Wildman–Crippen LogP) is 4.59. The Labute approximate surface area is 170 Å². The summed E-state index contributed by atoms with van der Waals surface area (Å²) in [7, 11) is 0. The number of likely N-dealkylation sites (tertiary alicyclic amines) is 1. The van der Waals surface area contributed by atoms with E-state index in [1.54, 1.807) is 11.0 Å². The molecule has 1 fully saturated rings. The fraction of sp³-hybridized carbons (Fsp3) is 0.450. The maximum atomic E-state index is 12.9. The lowest BCUT2D eigenvalue weighted by Crippen LogP contribution is -2.38. The van der Waals surface area contributed by atoms with E-state index in [2.05, 4.69) is 19.9 Å². The molecule has 1 aliphatic rings. The Morgan fingerprint density at radius 2 is 2.00 bits per heavy atom. The normalized spacial score (nSPS) is 15.9. The molecule has 0 spiro atoms. The maximum Gasteiger partial charge on any atom is 0.573 e. The summed E-state index contributed by atoms with van der Waals surface area (Å²) in [6.45, 7) is 5.04. The molecule has 1 aliphatic heterocycles. The highest BCUT2D eigenvalue weighted by Gasteiger charge is 2.31. The van der Waals surface area contributed by atoms with Crippen LogP contribution in [0.4, 0.5) is 13.2 Å². The lowest BCUT2D eigenvalue weighted by Gasteiger charge is -2.30. The first-order valence-corrected chi connectivity index (χ1v) is 9.71. The van der Waals surface area contributed by atoms with E-state index in [-0.39, 0.29) is 23.5 Å². The van der Waals surface area contributed by atoms with Crippen molar-refractivity contribution in [3.63, 3.8) is 0 Å². The summed E-state index contributed by atoms with van der Waals surface area (Å²) in [5.41, 5.74) is 0.734. The van der Waals surface area contributed by atoms with Gasteiger partial charge in [-0.1, -0.05) is 19.0 Å². The molecular weight excluding hydrogens is 401 g/mol. The van der Waals surface area contributed by atoms with Crippen molar-refractivity contribution in [1.82, 2.24) is 20.0 Å². The van der Waals surface area contributed by atoms with Crippen molar-refractivity contribution in [3.05, 3.63) is 41.7 Å². The van der Waals surface area contributed by atoms with Crippen molar-refractivity contribution in [2.75, 3.05) is 13.1 Å². The zero-order valence-electron chi connectivity index (χ0n) is 16.5. The topological polar surface area (TPSA) is 84.3 Å². The molecule has 0 unspecified atom stereocenters. The van der Waals surface area contributed by atoms with Crippen LogP contribution < -0.4 is 4.74 Å². The molecule has 0 atom stereocenters. The third-order valence-corrected chi connectivity index (χ3v) is 5.16. The van der Waals surface area contributed by atoms with Gasteiger partial charge in [0.15, 0.2) is 5.82 Å². The van der Waals surface area contributed by atoms with Crippen molar-refractivity contribution >= 4 is 16.8 Å². The number of fused-ring (bicyclic) bond motifs is 1. The van der Waals surface area contributed by atoms with Crippen LogP contribution in [0.3, 0.4) is 0 Å². The summed E-state index contributed by atoms with van der Waals surface area (Å²) >= 11 is 0. The first-order chi connectivity index (χ1) is 14.2. The highest BCUT2D eigenvalue weighted by atomic mass is 19.4. The van der Waals surface area contributed by atoms with Gasteiger partial charge in [-0.3, -0.25) is 4.79 Å². The van der Waals surface area contributed by atoms with Gasteiger partial charge in [-0.05, 0) is 31.0 Å². The molecule has 160 valence electrons. The number of carbonyl (C=O) groups is 1. The standard InChI is InChI=1S/C20H21F3N4O3/c1-11(2)18-25-17(26-30-18)12-5-7-27(8-6-12)19(28)16-9-13-3-4-14(10-15(13)24-16)29-20(21,22)23/h3-4,9-12,24H,5-8H2,1-2H3. The van der Waals surface area contributed by atoms with Crippen molar-refractivity contribution in [2.24, 2.45) is 0 Å². The largest absolute Gasteiger partial charge is 0.573 e. The molecule has 0 saturated carbocycles. The predicted molar refractivity (Wildman–Crippen MR) is 101 cm³/mol. The first-order valence-electron chi connectivity index (χ1n) is 9.71. The molecule has 1 N–H and O–H groups in total. The number of benzene rings is 1. The van der Waals surface area contributed by atoms with Gasteiger partial charge in [-0.2, -0.15) is 4.98 Å². The number of aromatic nitrogens is 3. The van der Waals surface area contributed by atoms with Crippen LogP contribution in [0.15, 0.2) is 28.8 Å². The first kappa shape index (κ1) is 20.2. The minimum absolute atomic E-state index is 0.134. The molecule has 30 heavy (non-hydrogen) atoms. The second-order valence-electron chi connectivity index (χ2n) is 7.69. The highest BCUT2D eigenvalue weighted by Crippen LogP contribution is 2.29. The number of halogens is 3. The van der Waals surface area contributed by atoms with Gasteiger partial charge < -0.3 is 19.1 Å².